The zero-order chi connectivity index (χ0) is 22.1. The predicted octanol–water partition coefficient (Wildman–Crippen LogP) is 1.62. The summed E-state index contributed by atoms with van der Waals surface area (Å²) in [6.45, 7) is 13.0. The average molecular weight is 427 g/mol. The van der Waals surface area contributed by atoms with E-state index in [0.29, 0.717) is 29.7 Å². The molecule has 3 heterocycles. The van der Waals surface area contributed by atoms with Crippen LogP contribution in [0.5, 0.6) is 0 Å². The standard InChI is InChI=1S/C23H30N4O4/c1-4-31-16(3)14-25-9-11-26(12-10-25)17-6-7-18-19(13-17)23(30)27(22(18)29)20-8-5-15(2)24-21(20)28/h6-7,13,16,20H,2,4-5,8-12,14H2,1,3H3,(H,24,28). The number of carbonyl (C=O) groups is 3. The molecule has 2 atom stereocenters. The molecule has 2 fully saturated rings. The van der Waals surface area contributed by atoms with Crippen LogP contribution in [0.4, 0.5) is 5.69 Å². The lowest BCUT2D eigenvalue weighted by Gasteiger charge is -2.37. The first-order valence-corrected chi connectivity index (χ1v) is 11.0. The Balaban J connectivity index is 1.44. The van der Waals surface area contributed by atoms with Crippen molar-refractivity contribution in [3.63, 3.8) is 0 Å². The van der Waals surface area contributed by atoms with E-state index >= 15 is 0 Å². The van der Waals surface area contributed by atoms with Crippen LogP contribution >= 0.6 is 0 Å². The Morgan fingerprint density at radius 2 is 1.84 bits per heavy atom. The minimum atomic E-state index is -0.780. The van der Waals surface area contributed by atoms with Crippen molar-refractivity contribution in [1.29, 1.82) is 0 Å². The number of imide groups is 1. The third-order valence-corrected chi connectivity index (χ3v) is 6.24. The van der Waals surface area contributed by atoms with Crippen LogP contribution < -0.4 is 10.2 Å². The number of allylic oxidation sites excluding steroid dienone is 1. The molecule has 166 valence electrons. The molecule has 0 saturated carbocycles. The van der Waals surface area contributed by atoms with Gasteiger partial charge in [-0.3, -0.25) is 24.2 Å². The van der Waals surface area contributed by atoms with Crippen LogP contribution in [-0.4, -0.2) is 79.0 Å². The smallest absolute Gasteiger partial charge is 0.262 e. The summed E-state index contributed by atoms with van der Waals surface area (Å²) in [5, 5.41) is 2.66. The fourth-order valence-corrected chi connectivity index (χ4v) is 4.63. The first-order chi connectivity index (χ1) is 14.9. The summed E-state index contributed by atoms with van der Waals surface area (Å²) in [5.41, 5.74) is 2.30. The highest BCUT2D eigenvalue weighted by Gasteiger charge is 2.44. The van der Waals surface area contributed by atoms with E-state index in [9.17, 15) is 14.4 Å². The molecule has 8 nitrogen and oxygen atoms in total. The normalized spacial score (nSPS) is 23.2. The summed E-state index contributed by atoms with van der Waals surface area (Å²) in [7, 11) is 0. The van der Waals surface area contributed by atoms with E-state index in [0.717, 1.165) is 49.9 Å². The molecule has 3 aliphatic heterocycles. The number of hydrogen-bond acceptors (Lipinski definition) is 6. The second-order valence-corrected chi connectivity index (χ2v) is 8.41. The van der Waals surface area contributed by atoms with Crippen molar-refractivity contribution in [2.75, 3.05) is 44.2 Å². The quantitative estimate of drug-likeness (QED) is 0.697. The van der Waals surface area contributed by atoms with Crippen LogP contribution in [0.1, 0.15) is 47.4 Å². The van der Waals surface area contributed by atoms with Gasteiger partial charge in [-0.05, 0) is 44.9 Å². The van der Waals surface area contributed by atoms with Gasteiger partial charge in [-0.1, -0.05) is 6.58 Å². The number of nitrogens with one attached hydrogen (secondary N) is 1. The number of hydrogen-bond donors (Lipinski definition) is 1. The molecule has 1 aromatic carbocycles. The number of anilines is 1. The number of nitrogens with zero attached hydrogens (tertiary/aromatic N) is 3. The molecular weight excluding hydrogens is 396 g/mol. The minimum Gasteiger partial charge on any atom is -0.377 e. The fourth-order valence-electron chi connectivity index (χ4n) is 4.63. The molecule has 1 aromatic rings. The number of benzene rings is 1. The Morgan fingerprint density at radius 1 is 1.13 bits per heavy atom. The highest BCUT2D eigenvalue weighted by molar-refractivity contribution is 6.23. The number of piperazine rings is 1. The maximum absolute atomic E-state index is 13.1. The van der Waals surface area contributed by atoms with Crippen molar-refractivity contribution in [3.05, 3.63) is 41.6 Å². The van der Waals surface area contributed by atoms with Gasteiger partial charge in [-0.25, -0.2) is 0 Å². The number of piperidine rings is 1. The van der Waals surface area contributed by atoms with Gasteiger partial charge in [0.15, 0.2) is 0 Å². The first kappa shape index (κ1) is 21.5. The molecule has 0 bridgehead atoms. The number of carbonyl (C=O) groups excluding carboxylic acids is 3. The van der Waals surface area contributed by atoms with E-state index < -0.39 is 17.9 Å². The van der Waals surface area contributed by atoms with Gasteiger partial charge in [-0.2, -0.15) is 0 Å². The molecular formula is C23H30N4O4. The highest BCUT2D eigenvalue weighted by Crippen LogP contribution is 2.31. The first-order valence-electron chi connectivity index (χ1n) is 11.0. The molecule has 1 N–H and O–H groups in total. The largest absolute Gasteiger partial charge is 0.377 e. The van der Waals surface area contributed by atoms with Crippen molar-refractivity contribution in [2.24, 2.45) is 0 Å². The summed E-state index contributed by atoms with van der Waals surface area (Å²) in [4.78, 5) is 44.0. The van der Waals surface area contributed by atoms with E-state index in [2.05, 4.69) is 28.6 Å². The molecule has 0 spiro atoms. The molecule has 3 aliphatic rings. The summed E-state index contributed by atoms with van der Waals surface area (Å²) < 4.78 is 5.64. The van der Waals surface area contributed by atoms with Gasteiger partial charge in [0.05, 0.1) is 17.2 Å². The van der Waals surface area contributed by atoms with Crippen LogP contribution in [0.3, 0.4) is 0 Å². The Hall–Kier alpha value is -2.71. The number of ether oxygens (including phenoxy) is 1. The molecule has 8 heteroatoms. The molecule has 2 unspecified atom stereocenters. The van der Waals surface area contributed by atoms with Crippen LogP contribution in [0, 0.1) is 0 Å². The summed E-state index contributed by atoms with van der Waals surface area (Å²) in [6, 6.07) is 4.63. The van der Waals surface area contributed by atoms with Gasteiger partial charge in [0.2, 0.25) is 5.91 Å². The van der Waals surface area contributed by atoms with Gasteiger partial charge >= 0.3 is 0 Å². The zero-order valence-electron chi connectivity index (χ0n) is 18.2. The van der Waals surface area contributed by atoms with Crippen molar-refractivity contribution in [3.8, 4) is 0 Å². The number of amides is 3. The molecule has 0 aliphatic carbocycles. The average Bonchev–Trinajstić information content (AvgIpc) is 2.99. The minimum absolute atomic E-state index is 0.209. The lowest BCUT2D eigenvalue weighted by molar-refractivity contribution is -0.125. The summed E-state index contributed by atoms with van der Waals surface area (Å²) >= 11 is 0. The Morgan fingerprint density at radius 3 is 2.52 bits per heavy atom. The second kappa shape index (κ2) is 8.80. The van der Waals surface area contributed by atoms with E-state index in [1.807, 2.05) is 13.0 Å². The SMILES string of the molecule is C=C1CCC(N2C(=O)c3ccc(N4CCN(CC(C)OCC)CC4)cc3C2=O)C(=O)N1. The van der Waals surface area contributed by atoms with Gasteiger partial charge in [0, 0.05) is 50.7 Å². The number of fused-ring (bicyclic) bond motifs is 1. The maximum Gasteiger partial charge on any atom is 0.262 e. The van der Waals surface area contributed by atoms with Crippen LogP contribution in [0.25, 0.3) is 0 Å². The molecule has 0 radical (unpaired) electrons. The van der Waals surface area contributed by atoms with Crippen LogP contribution in [0.2, 0.25) is 0 Å². The van der Waals surface area contributed by atoms with Crippen molar-refractivity contribution < 1.29 is 19.1 Å². The fraction of sp³-hybridized carbons (Fsp3) is 0.522. The molecule has 2 saturated heterocycles. The summed E-state index contributed by atoms with van der Waals surface area (Å²) in [6.07, 6.45) is 1.17. The monoisotopic (exact) mass is 426 g/mol. The molecule has 0 aromatic heterocycles. The molecule has 3 amide bonds. The van der Waals surface area contributed by atoms with Gasteiger partial charge in [-0.15, -0.1) is 0 Å². The Labute approximate surface area is 182 Å². The van der Waals surface area contributed by atoms with Crippen molar-refractivity contribution in [2.45, 2.75) is 38.8 Å². The van der Waals surface area contributed by atoms with Crippen LogP contribution in [-0.2, 0) is 9.53 Å². The highest BCUT2D eigenvalue weighted by atomic mass is 16.5. The molecule has 4 rings (SSSR count). The summed E-state index contributed by atoms with van der Waals surface area (Å²) in [5.74, 6) is -1.13. The predicted molar refractivity (Wildman–Crippen MR) is 117 cm³/mol. The zero-order valence-corrected chi connectivity index (χ0v) is 18.2. The second-order valence-electron chi connectivity index (χ2n) is 8.41. The van der Waals surface area contributed by atoms with E-state index in [-0.39, 0.29) is 12.0 Å². The van der Waals surface area contributed by atoms with Crippen molar-refractivity contribution >= 4 is 23.4 Å². The topological polar surface area (TPSA) is 82.2 Å². The van der Waals surface area contributed by atoms with Gasteiger partial charge < -0.3 is 15.0 Å². The van der Waals surface area contributed by atoms with E-state index in [4.69, 9.17) is 4.74 Å². The lowest BCUT2D eigenvalue weighted by Crippen LogP contribution is -2.51. The third-order valence-electron chi connectivity index (χ3n) is 6.24. The van der Waals surface area contributed by atoms with E-state index in [1.54, 1.807) is 12.1 Å². The lowest BCUT2D eigenvalue weighted by atomic mass is 10.0. The van der Waals surface area contributed by atoms with Crippen molar-refractivity contribution in [1.82, 2.24) is 15.1 Å². The van der Waals surface area contributed by atoms with Crippen LogP contribution in [0.15, 0.2) is 30.5 Å². The van der Waals surface area contributed by atoms with E-state index in [1.165, 1.54) is 0 Å². The van der Waals surface area contributed by atoms with Gasteiger partial charge in [0.1, 0.15) is 6.04 Å². The number of rotatable bonds is 6. The Kier molecular flexibility index (Phi) is 6.11. The van der Waals surface area contributed by atoms with Gasteiger partial charge in [0.25, 0.3) is 11.8 Å². The molecule has 31 heavy (non-hydrogen) atoms. The Bertz CT molecular complexity index is 907. The third kappa shape index (κ3) is 4.22. The maximum atomic E-state index is 13.1.